The quantitative estimate of drug-likeness (QED) is 0.463. The number of hydrogen-bond donors (Lipinski definition) is 1. The van der Waals surface area contributed by atoms with Gasteiger partial charge in [-0.15, -0.1) is 0 Å². The Morgan fingerprint density at radius 1 is 1.12 bits per heavy atom. The van der Waals surface area contributed by atoms with Gasteiger partial charge in [0.25, 0.3) is 5.69 Å². The van der Waals surface area contributed by atoms with E-state index in [2.05, 4.69) is 0 Å². The zero-order valence-corrected chi connectivity index (χ0v) is 14.8. The minimum absolute atomic E-state index is 0.0348. The van der Waals surface area contributed by atoms with Gasteiger partial charge in [0.05, 0.1) is 23.7 Å². The number of aliphatic hydroxyl groups is 1. The molecule has 0 aliphatic rings. The van der Waals surface area contributed by atoms with Crippen LogP contribution in [0.3, 0.4) is 0 Å². The van der Waals surface area contributed by atoms with Crippen LogP contribution >= 0.6 is 0 Å². The first-order valence-corrected chi connectivity index (χ1v) is 8.07. The highest BCUT2D eigenvalue weighted by atomic mass is 16.6. The van der Waals surface area contributed by atoms with Gasteiger partial charge in [0.1, 0.15) is 6.10 Å². The fourth-order valence-corrected chi connectivity index (χ4v) is 2.88. The number of nitrogens with zero attached hydrogens (tertiary/aromatic N) is 1. The zero-order chi connectivity index (χ0) is 19.3. The summed E-state index contributed by atoms with van der Waals surface area (Å²) >= 11 is 0. The maximum absolute atomic E-state index is 12.8. The van der Waals surface area contributed by atoms with Crippen molar-refractivity contribution in [3.63, 3.8) is 0 Å². The number of carbonyl (C=O) groups is 1. The van der Waals surface area contributed by atoms with Crippen LogP contribution in [0.2, 0.25) is 0 Å². The van der Waals surface area contributed by atoms with E-state index in [0.717, 1.165) is 0 Å². The van der Waals surface area contributed by atoms with Crippen molar-refractivity contribution >= 4 is 11.7 Å². The number of nitro benzene ring substituents is 1. The average molecular weight is 359 g/mol. The van der Waals surface area contributed by atoms with E-state index in [1.807, 2.05) is 0 Å². The van der Waals surface area contributed by atoms with Gasteiger partial charge < -0.3 is 14.6 Å². The molecular weight excluding hydrogens is 338 g/mol. The van der Waals surface area contributed by atoms with Crippen molar-refractivity contribution in [3.8, 4) is 0 Å². The Labute approximate surface area is 151 Å². The van der Waals surface area contributed by atoms with Crippen LogP contribution in [0.15, 0.2) is 54.6 Å². The molecule has 0 radical (unpaired) electrons. The van der Waals surface area contributed by atoms with Gasteiger partial charge in [0.15, 0.2) is 0 Å². The molecule has 7 heteroatoms. The molecule has 0 amide bonds. The van der Waals surface area contributed by atoms with Crippen LogP contribution in [-0.2, 0) is 19.9 Å². The molecule has 2 aromatic carbocycles. The molecule has 0 saturated heterocycles. The Kier molecular flexibility index (Phi) is 6.07. The molecule has 0 saturated carbocycles. The molecule has 1 N–H and O–H groups in total. The van der Waals surface area contributed by atoms with Crippen LogP contribution in [0, 0.1) is 10.1 Å². The van der Waals surface area contributed by atoms with Crippen LogP contribution < -0.4 is 0 Å². The Bertz CT molecular complexity index is 777. The maximum Gasteiger partial charge on any atom is 0.346 e. The summed E-state index contributed by atoms with van der Waals surface area (Å²) in [6.07, 6.45) is -2.12. The van der Waals surface area contributed by atoms with E-state index >= 15 is 0 Å². The van der Waals surface area contributed by atoms with Gasteiger partial charge in [0.2, 0.25) is 5.60 Å². The van der Waals surface area contributed by atoms with Crippen LogP contribution in [0.5, 0.6) is 0 Å². The molecule has 138 valence electrons. The van der Waals surface area contributed by atoms with Gasteiger partial charge in [-0.2, -0.15) is 0 Å². The summed E-state index contributed by atoms with van der Waals surface area (Å²) in [7, 11) is 1.18. The molecule has 0 heterocycles. The summed E-state index contributed by atoms with van der Waals surface area (Å²) in [5, 5.41) is 22.5. The van der Waals surface area contributed by atoms with Crippen LogP contribution in [0.4, 0.5) is 5.69 Å². The molecule has 0 fully saturated rings. The van der Waals surface area contributed by atoms with Gasteiger partial charge in [-0.25, -0.2) is 4.79 Å². The van der Waals surface area contributed by atoms with Crippen molar-refractivity contribution in [3.05, 3.63) is 75.8 Å². The maximum atomic E-state index is 12.8. The molecule has 26 heavy (non-hydrogen) atoms. The second-order valence-electron chi connectivity index (χ2n) is 5.98. The van der Waals surface area contributed by atoms with E-state index in [-0.39, 0.29) is 11.3 Å². The number of carbonyl (C=O) groups excluding carboxylic acids is 1. The topological polar surface area (TPSA) is 98.9 Å². The van der Waals surface area contributed by atoms with E-state index in [4.69, 9.17) is 9.47 Å². The SMILES string of the molecule is COC(=O)[C@@](OC(C)C)(c1ccccc1)[C@H](O)c1ccccc1[N+](=O)[O-]. The fraction of sp³-hybridized carbons (Fsp3) is 0.316. The Hall–Kier alpha value is -2.77. The number of aliphatic hydroxyl groups excluding tert-OH is 1. The van der Waals surface area contributed by atoms with Crippen LogP contribution in [0.1, 0.15) is 31.1 Å². The lowest BCUT2D eigenvalue weighted by Crippen LogP contribution is -2.47. The Morgan fingerprint density at radius 2 is 1.69 bits per heavy atom. The minimum Gasteiger partial charge on any atom is -0.467 e. The van der Waals surface area contributed by atoms with E-state index < -0.39 is 28.7 Å². The van der Waals surface area contributed by atoms with E-state index in [1.165, 1.54) is 25.3 Å². The molecule has 0 aliphatic carbocycles. The monoisotopic (exact) mass is 359 g/mol. The summed E-state index contributed by atoms with van der Waals surface area (Å²) < 4.78 is 10.8. The van der Waals surface area contributed by atoms with Crippen LogP contribution in [0.25, 0.3) is 0 Å². The van der Waals surface area contributed by atoms with Gasteiger partial charge in [0, 0.05) is 6.07 Å². The molecule has 0 spiro atoms. The van der Waals surface area contributed by atoms with Gasteiger partial charge in [-0.1, -0.05) is 42.5 Å². The average Bonchev–Trinajstić information content (AvgIpc) is 2.65. The normalized spacial score (nSPS) is 14.5. The highest BCUT2D eigenvalue weighted by molar-refractivity contribution is 5.83. The third-order valence-corrected chi connectivity index (χ3v) is 3.93. The van der Waals surface area contributed by atoms with Gasteiger partial charge >= 0.3 is 5.97 Å². The van der Waals surface area contributed by atoms with Crippen molar-refractivity contribution in [1.29, 1.82) is 0 Å². The number of benzene rings is 2. The lowest BCUT2D eigenvalue weighted by atomic mass is 9.83. The molecule has 0 bridgehead atoms. The number of esters is 1. The van der Waals surface area contributed by atoms with E-state index in [0.29, 0.717) is 5.56 Å². The van der Waals surface area contributed by atoms with E-state index in [9.17, 15) is 20.0 Å². The van der Waals surface area contributed by atoms with Gasteiger partial charge in [-0.3, -0.25) is 10.1 Å². The largest absolute Gasteiger partial charge is 0.467 e. The van der Waals surface area contributed by atoms with Crippen LogP contribution in [-0.4, -0.2) is 29.2 Å². The lowest BCUT2D eigenvalue weighted by Gasteiger charge is -2.37. The number of hydrogen-bond acceptors (Lipinski definition) is 6. The Balaban J connectivity index is 2.74. The molecule has 2 aromatic rings. The first kappa shape index (κ1) is 19.6. The lowest BCUT2D eigenvalue weighted by molar-refractivity contribution is -0.386. The molecule has 0 aromatic heterocycles. The number of ether oxygens (including phenoxy) is 2. The molecule has 7 nitrogen and oxygen atoms in total. The zero-order valence-electron chi connectivity index (χ0n) is 14.8. The second kappa shape index (κ2) is 8.07. The molecular formula is C19H21NO6. The summed E-state index contributed by atoms with van der Waals surface area (Å²) in [5.41, 5.74) is -1.95. The second-order valence-corrected chi connectivity index (χ2v) is 5.98. The van der Waals surface area contributed by atoms with Crippen molar-refractivity contribution < 1.29 is 24.3 Å². The highest BCUT2D eigenvalue weighted by Crippen LogP contribution is 2.43. The third kappa shape index (κ3) is 3.58. The van der Waals surface area contributed by atoms with Crippen molar-refractivity contribution in [1.82, 2.24) is 0 Å². The number of rotatable bonds is 7. The van der Waals surface area contributed by atoms with Crippen molar-refractivity contribution in [2.45, 2.75) is 31.7 Å². The summed E-state index contributed by atoms with van der Waals surface area (Å²) in [5.74, 6) is -0.844. The Morgan fingerprint density at radius 3 is 2.23 bits per heavy atom. The predicted octanol–water partition coefficient (Wildman–Crippen LogP) is 3.12. The number of methoxy groups -OCH3 is 1. The van der Waals surface area contributed by atoms with E-state index in [1.54, 1.807) is 50.2 Å². The minimum atomic E-state index is -1.95. The van der Waals surface area contributed by atoms with Gasteiger partial charge in [-0.05, 0) is 25.5 Å². The molecule has 2 rings (SSSR count). The van der Waals surface area contributed by atoms with Crippen molar-refractivity contribution in [2.24, 2.45) is 0 Å². The fourth-order valence-electron chi connectivity index (χ4n) is 2.88. The number of para-hydroxylation sites is 1. The molecule has 0 aliphatic heterocycles. The molecule has 2 atom stereocenters. The smallest absolute Gasteiger partial charge is 0.346 e. The predicted molar refractivity (Wildman–Crippen MR) is 94.4 cm³/mol. The standard InChI is InChI=1S/C19H21NO6/c1-13(2)26-19(18(22)25-3,14-9-5-4-6-10-14)17(21)15-11-7-8-12-16(15)20(23)24/h4-13,17,21H,1-3H3/t17-,19-/m1/s1. The summed E-state index contributed by atoms with van der Waals surface area (Å²) in [4.78, 5) is 23.6. The summed E-state index contributed by atoms with van der Waals surface area (Å²) in [6, 6.07) is 14.0. The highest BCUT2D eigenvalue weighted by Gasteiger charge is 2.52. The molecule has 0 unspecified atom stereocenters. The summed E-state index contributed by atoms with van der Waals surface area (Å²) in [6.45, 7) is 3.40. The third-order valence-electron chi connectivity index (χ3n) is 3.93. The van der Waals surface area contributed by atoms with Crippen molar-refractivity contribution in [2.75, 3.05) is 7.11 Å². The number of nitro groups is 1. The first-order valence-electron chi connectivity index (χ1n) is 8.07. The first-order chi connectivity index (χ1) is 12.3.